The van der Waals surface area contributed by atoms with Crippen molar-refractivity contribution in [1.29, 1.82) is 0 Å². The molecule has 3 atom stereocenters. The van der Waals surface area contributed by atoms with Crippen LogP contribution in [0.5, 0.6) is 0 Å². The molecule has 3 unspecified atom stereocenters. The number of nitrogens with two attached hydrogens (primary N) is 1. The topological polar surface area (TPSA) is 58.4 Å². The molecule has 5 heteroatoms. The number of thioether (sulfide) groups is 1. The maximum Gasteiger partial charge on any atom is 0.236 e. The normalized spacial score (nSPS) is 38.1. The van der Waals surface area contributed by atoms with E-state index in [-0.39, 0.29) is 11.9 Å². The standard InChI is InChI=1S/C10H19N3OS/c1-7-8(2-5-15-7)13-4-3-12-6-9(13)10(11)14/h7-9,12H,2-6H2,1H3,(H2,11,14). The molecular formula is C10H19N3OS. The van der Waals surface area contributed by atoms with Crippen LogP contribution in [-0.2, 0) is 4.79 Å². The largest absolute Gasteiger partial charge is 0.368 e. The van der Waals surface area contributed by atoms with E-state index in [0.29, 0.717) is 17.8 Å². The average Bonchev–Trinajstić information content (AvgIpc) is 2.64. The highest BCUT2D eigenvalue weighted by Gasteiger charge is 2.37. The Morgan fingerprint density at radius 1 is 1.60 bits per heavy atom. The molecule has 2 aliphatic heterocycles. The second-order valence-electron chi connectivity index (χ2n) is 4.29. The molecule has 86 valence electrons. The lowest BCUT2D eigenvalue weighted by Gasteiger charge is -2.39. The smallest absolute Gasteiger partial charge is 0.236 e. The van der Waals surface area contributed by atoms with Gasteiger partial charge in [-0.15, -0.1) is 0 Å². The molecule has 1 amide bonds. The van der Waals surface area contributed by atoms with Gasteiger partial charge in [-0.05, 0) is 12.2 Å². The zero-order chi connectivity index (χ0) is 10.8. The number of piperazine rings is 1. The van der Waals surface area contributed by atoms with Gasteiger partial charge in [-0.25, -0.2) is 0 Å². The van der Waals surface area contributed by atoms with Gasteiger partial charge in [0.2, 0.25) is 5.91 Å². The number of carbonyl (C=O) groups excluding carboxylic acids is 1. The maximum atomic E-state index is 11.4. The third-order valence-corrected chi connectivity index (χ3v) is 4.69. The molecule has 0 aromatic rings. The zero-order valence-electron chi connectivity index (χ0n) is 9.11. The Labute approximate surface area is 94.9 Å². The zero-order valence-corrected chi connectivity index (χ0v) is 9.93. The van der Waals surface area contributed by atoms with Crippen molar-refractivity contribution >= 4 is 17.7 Å². The first-order chi connectivity index (χ1) is 7.20. The van der Waals surface area contributed by atoms with Gasteiger partial charge in [0.15, 0.2) is 0 Å². The molecule has 0 spiro atoms. The van der Waals surface area contributed by atoms with Gasteiger partial charge in [-0.2, -0.15) is 11.8 Å². The van der Waals surface area contributed by atoms with Crippen molar-refractivity contribution in [1.82, 2.24) is 10.2 Å². The van der Waals surface area contributed by atoms with E-state index < -0.39 is 0 Å². The van der Waals surface area contributed by atoms with E-state index in [9.17, 15) is 4.79 Å². The van der Waals surface area contributed by atoms with Crippen molar-refractivity contribution < 1.29 is 4.79 Å². The first-order valence-corrected chi connectivity index (χ1v) is 6.62. The summed E-state index contributed by atoms with van der Waals surface area (Å²) < 4.78 is 0. The van der Waals surface area contributed by atoms with E-state index in [1.807, 2.05) is 11.8 Å². The fourth-order valence-corrected chi connectivity index (χ4v) is 3.80. The number of hydrogen-bond donors (Lipinski definition) is 2. The summed E-state index contributed by atoms with van der Waals surface area (Å²) in [7, 11) is 0. The van der Waals surface area contributed by atoms with Crippen molar-refractivity contribution in [3.8, 4) is 0 Å². The third kappa shape index (κ3) is 2.29. The number of rotatable bonds is 2. The molecule has 2 saturated heterocycles. The molecule has 0 aromatic carbocycles. The Kier molecular flexibility index (Phi) is 3.53. The Hall–Kier alpha value is -0.260. The minimum atomic E-state index is -0.189. The molecule has 4 nitrogen and oxygen atoms in total. The summed E-state index contributed by atoms with van der Waals surface area (Å²) in [4.78, 5) is 13.7. The Morgan fingerprint density at radius 2 is 2.40 bits per heavy atom. The van der Waals surface area contributed by atoms with Crippen LogP contribution in [0.2, 0.25) is 0 Å². The van der Waals surface area contributed by atoms with E-state index in [0.717, 1.165) is 13.1 Å². The van der Waals surface area contributed by atoms with Gasteiger partial charge < -0.3 is 11.1 Å². The summed E-state index contributed by atoms with van der Waals surface area (Å²) in [6, 6.07) is 0.430. The van der Waals surface area contributed by atoms with Crippen molar-refractivity contribution in [2.75, 3.05) is 25.4 Å². The molecule has 2 rings (SSSR count). The molecule has 15 heavy (non-hydrogen) atoms. The van der Waals surface area contributed by atoms with Crippen LogP contribution >= 0.6 is 11.8 Å². The fraction of sp³-hybridized carbons (Fsp3) is 0.900. The molecule has 3 N–H and O–H groups in total. The molecule has 0 aliphatic carbocycles. The van der Waals surface area contributed by atoms with E-state index in [1.165, 1.54) is 12.2 Å². The van der Waals surface area contributed by atoms with Crippen molar-refractivity contribution in [2.24, 2.45) is 5.73 Å². The van der Waals surface area contributed by atoms with Crippen LogP contribution in [0.3, 0.4) is 0 Å². The van der Waals surface area contributed by atoms with Crippen molar-refractivity contribution in [3.63, 3.8) is 0 Å². The van der Waals surface area contributed by atoms with Crippen LogP contribution < -0.4 is 11.1 Å². The maximum absolute atomic E-state index is 11.4. The number of hydrogen-bond acceptors (Lipinski definition) is 4. The van der Waals surface area contributed by atoms with E-state index in [4.69, 9.17) is 5.73 Å². The summed E-state index contributed by atoms with van der Waals surface area (Å²) >= 11 is 2.00. The highest BCUT2D eigenvalue weighted by molar-refractivity contribution is 8.00. The monoisotopic (exact) mass is 229 g/mol. The van der Waals surface area contributed by atoms with Gasteiger partial charge in [0.05, 0.1) is 0 Å². The molecule has 2 fully saturated rings. The molecule has 2 heterocycles. The highest BCUT2D eigenvalue weighted by atomic mass is 32.2. The summed E-state index contributed by atoms with van der Waals surface area (Å²) in [5, 5.41) is 3.86. The van der Waals surface area contributed by atoms with Gasteiger partial charge in [-0.3, -0.25) is 9.69 Å². The quantitative estimate of drug-likeness (QED) is 0.679. The summed E-state index contributed by atoms with van der Waals surface area (Å²) in [6.45, 7) is 4.88. The predicted molar refractivity (Wildman–Crippen MR) is 62.9 cm³/mol. The molecule has 2 aliphatic rings. The minimum Gasteiger partial charge on any atom is -0.368 e. The van der Waals surface area contributed by atoms with Gasteiger partial charge in [0, 0.05) is 30.9 Å². The van der Waals surface area contributed by atoms with Crippen LogP contribution in [0.4, 0.5) is 0 Å². The molecule has 0 saturated carbocycles. The van der Waals surface area contributed by atoms with Gasteiger partial charge >= 0.3 is 0 Å². The first kappa shape index (κ1) is 11.2. The minimum absolute atomic E-state index is 0.107. The van der Waals surface area contributed by atoms with Crippen LogP contribution in [-0.4, -0.2) is 53.5 Å². The Morgan fingerprint density at radius 3 is 3.00 bits per heavy atom. The molecule has 0 aromatic heterocycles. The van der Waals surface area contributed by atoms with Crippen LogP contribution in [0.25, 0.3) is 0 Å². The van der Waals surface area contributed by atoms with Crippen LogP contribution in [0.1, 0.15) is 13.3 Å². The van der Waals surface area contributed by atoms with E-state index >= 15 is 0 Å². The Balaban J connectivity index is 2.06. The SMILES string of the molecule is CC1SCCC1N1CCNCC1C(N)=O. The van der Waals surface area contributed by atoms with E-state index in [2.05, 4.69) is 17.1 Å². The lowest BCUT2D eigenvalue weighted by Crippen LogP contribution is -2.60. The molecular weight excluding hydrogens is 210 g/mol. The third-order valence-electron chi connectivity index (χ3n) is 3.38. The summed E-state index contributed by atoms with van der Waals surface area (Å²) in [5.74, 6) is 1.02. The molecule has 0 radical (unpaired) electrons. The lowest BCUT2D eigenvalue weighted by atomic mass is 10.0. The predicted octanol–water partition coefficient (Wildman–Crippen LogP) is -0.360. The van der Waals surface area contributed by atoms with Crippen molar-refractivity contribution in [3.05, 3.63) is 0 Å². The second-order valence-corrected chi connectivity index (χ2v) is 5.78. The number of amides is 1. The van der Waals surface area contributed by atoms with Crippen LogP contribution in [0, 0.1) is 0 Å². The van der Waals surface area contributed by atoms with Crippen molar-refractivity contribution in [2.45, 2.75) is 30.7 Å². The number of nitrogens with one attached hydrogen (secondary N) is 1. The second kappa shape index (κ2) is 4.72. The van der Waals surface area contributed by atoms with E-state index in [1.54, 1.807) is 0 Å². The number of nitrogens with zero attached hydrogens (tertiary/aromatic N) is 1. The van der Waals surface area contributed by atoms with Gasteiger partial charge in [-0.1, -0.05) is 6.92 Å². The summed E-state index contributed by atoms with van der Waals surface area (Å²) in [5.41, 5.74) is 5.44. The first-order valence-electron chi connectivity index (χ1n) is 5.57. The van der Waals surface area contributed by atoms with Gasteiger partial charge in [0.25, 0.3) is 0 Å². The average molecular weight is 229 g/mol. The fourth-order valence-electron chi connectivity index (χ4n) is 2.54. The highest BCUT2D eigenvalue weighted by Crippen LogP contribution is 2.31. The number of carbonyl (C=O) groups is 1. The van der Waals surface area contributed by atoms with Gasteiger partial charge in [0.1, 0.15) is 6.04 Å². The summed E-state index contributed by atoms with van der Waals surface area (Å²) in [6.07, 6.45) is 1.19. The Bertz CT molecular complexity index is 249. The molecule has 0 bridgehead atoms. The van der Waals surface area contributed by atoms with Crippen LogP contribution in [0.15, 0.2) is 0 Å². The lowest BCUT2D eigenvalue weighted by molar-refractivity contribution is -0.124. The number of primary amides is 1.